The first kappa shape index (κ1) is 13.6. The molecule has 0 fully saturated rings. The monoisotopic (exact) mass is 286 g/mol. The number of fused-ring (bicyclic) bond motifs is 1. The Balaban J connectivity index is 2.00. The molecule has 2 unspecified atom stereocenters. The normalized spacial score (nSPS) is 21.0. The minimum Gasteiger partial charge on any atom is -0.396 e. The fourth-order valence-electron chi connectivity index (χ4n) is 2.56. The number of nitrogen functional groups attached to an aromatic ring is 1. The van der Waals surface area contributed by atoms with Gasteiger partial charge < -0.3 is 20.7 Å². The number of aliphatic hydroxyl groups excluding tert-OH is 1. The van der Waals surface area contributed by atoms with Gasteiger partial charge in [-0.25, -0.2) is 4.98 Å². The van der Waals surface area contributed by atoms with E-state index in [4.69, 9.17) is 5.73 Å². The number of allylic oxidation sites excluding steroid dienone is 1. The lowest BCUT2D eigenvalue weighted by Gasteiger charge is -2.13. The summed E-state index contributed by atoms with van der Waals surface area (Å²) in [6, 6.07) is 0.133. The van der Waals surface area contributed by atoms with Gasteiger partial charge in [-0.15, -0.1) is 6.58 Å². The van der Waals surface area contributed by atoms with Gasteiger partial charge in [0.1, 0.15) is 0 Å². The third kappa shape index (κ3) is 2.47. The van der Waals surface area contributed by atoms with Crippen molar-refractivity contribution in [3.63, 3.8) is 0 Å². The van der Waals surface area contributed by atoms with Crippen LogP contribution in [-0.2, 0) is 0 Å². The average Bonchev–Trinajstić information content (AvgIpc) is 3.10. The lowest BCUT2D eigenvalue weighted by Crippen LogP contribution is -2.09. The van der Waals surface area contributed by atoms with E-state index in [9.17, 15) is 5.11 Å². The van der Waals surface area contributed by atoms with E-state index in [2.05, 4.69) is 32.9 Å². The molecule has 2 aromatic heterocycles. The van der Waals surface area contributed by atoms with Crippen molar-refractivity contribution in [2.45, 2.75) is 12.5 Å². The first-order valence-corrected chi connectivity index (χ1v) is 6.87. The minimum atomic E-state index is 0.133. The van der Waals surface area contributed by atoms with Crippen LogP contribution in [0.4, 0.5) is 11.8 Å². The van der Waals surface area contributed by atoms with Crippen LogP contribution < -0.4 is 11.1 Å². The lowest BCUT2D eigenvalue weighted by atomic mass is 10.1. The number of nitrogens with one attached hydrogen (secondary N) is 1. The number of hydrogen-bond acceptors (Lipinski definition) is 6. The third-order valence-electron chi connectivity index (χ3n) is 3.59. The molecule has 0 radical (unpaired) electrons. The maximum atomic E-state index is 9.24. The Bertz CT molecular complexity index is 692. The molecule has 110 valence electrons. The Morgan fingerprint density at radius 1 is 1.48 bits per heavy atom. The molecule has 2 atom stereocenters. The molecule has 0 saturated heterocycles. The standard InChI is InChI=1S/C14H18N6O/c1-2-5-16-12-11-13(19-14(15)18-12)20(8-17-11)10-4-3-9(6-10)7-21/h2-4,8-10,21H,1,5-7H2,(H3,15,16,18,19). The van der Waals surface area contributed by atoms with E-state index in [1.807, 2.05) is 10.6 Å². The number of aromatic nitrogens is 4. The highest BCUT2D eigenvalue weighted by molar-refractivity contribution is 5.84. The van der Waals surface area contributed by atoms with Crippen LogP contribution in [0.25, 0.3) is 11.2 Å². The number of anilines is 2. The molecule has 1 aliphatic rings. The molecule has 0 saturated carbocycles. The minimum absolute atomic E-state index is 0.133. The maximum absolute atomic E-state index is 9.24. The summed E-state index contributed by atoms with van der Waals surface area (Å²) in [5.74, 6) is 0.998. The molecule has 0 aromatic carbocycles. The van der Waals surface area contributed by atoms with Crippen molar-refractivity contribution in [3.05, 3.63) is 31.1 Å². The van der Waals surface area contributed by atoms with Crippen molar-refractivity contribution in [3.8, 4) is 0 Å². The van der Waals surface area contributed by atoms with Crippen LogP contribution in [0.1, 0.15) is 12.5 Å². The number of aliphatic hydroxyl groups is 1. The zero-order valence-electron chi connectivity index (χ0n) is 11.6. The predicted molar refractivity (Wildman–Crippen MR) is 81.8 cm³/mol. The summed E-state index contributed by atoms with van der Waals surface area (Å²) in [6.07, 6.45) is 8.41. The number of rotatable bonds is 5. The number of hydrogen-bond donors (Lipinski definition) is 3. The molecule has 0 aliphatic heterocycles. The highest BCUT2D eigenvalue weighted by Crippen LogP contribution is 2.31. The van der Waals surface area contributed by atoms with Crippen molar-refractivity contribution >= 4 is 22.9 Å². The summed E-state index contributed by atoms with van der Waals surface area (Å²) in [6.45, 7) is 4.40. The molecule has 2 heterocycles. The topological polar surface area (TPSA) is 102 Å². The van der Waals surface area contributed by atoms with Gasteiger partial charge in [0.05, 0.1) is 12.4 Å². The zero-order chi connectivity index (χ0) is 14.8. The average molecular weight is 286 g/mol. The summed E-state index contributed by atoms with van der Waals surface area (Å²) in [7, 11) is 0. The first-order chi connectivity index (χ1) is 10.2. The van der Waals surface area contributed by atoms with Gasteiger partial charge in [0.15, 0.2) is 17.0 Å². The highest BCUT2D eigenvalue weighted by Gasteiger charge is 2.22. The Kier molecular flexibility index (Phi) is 3.57. The Labute approximate surface area is 122 Å². The van der Waals surface area contributed by atoms with Crippen LogP contribution in [0.5, 0.6) is 0 Å². The summed E-state index contributed by atoms with van der Waals surface area (Å²) >= 11 is 0. The van der Waals surface area contributed by atoms with Crippen molar-refractivity contribution < 1.29 is 5.11 Å². The lowest BCUT2D eigenvalue weighted by molar-refractivity contribution is 0.244. The van der Waals surface area contributed by atoms with Gasteiger partial charge in [0.25, 0.3) is 0 Å². The predicted octanol–water partition coefficient (Wildman–Crippen LogP) is 1.12. The van der Waals surface area contributed by atoms with E-state index in [0.29, 0.717) is 23.5 Å². The Morgan fingerprint density at radius 2 is 2.33 bits per heavy atom. The van der Waals surface area contributed by atoms with Gasteiger partial charge >= 0.3 is 0 Å². The van der Waals surface area contributed by atoms with Gasteiger partial charge in [-0.05, 0) is 6.42 Å². The van der Waals surface area contributed by atoms with Gasteiger partial charge in [-0.2, -0.15) is 9.97 Å². The first-order valence-electron chi connectivity index (χ1n) is 6.87. The van der Waals surface area contributed by atoms with E-state index < -0.39 is 0 Å². The summed E-state index contributed by atoms with van der Waals surface area (Å²) < 4.78 is 1.97. The molecule has 0 spiro atoms. The Hall–Kier alpha value is -2.41. The van der Waals surface area contributed by atoms with E-state index in [-0.39, 0.29) is 24.5 Å². The van der Waals surface area contributed by atoms with Crippen LogP contribution in [0.3, 0.4) is 0 Å². The smallest absolute Gasteiger partial charge is 0.224 e. The van der Waals surface area contributed by atoms with E-state index in [1.165, 1.54) is 0 Å². The number of nitrogens with zero attached hydrogens (tertiary/aromatic N) is 4. The number of nitrogens with two attached hydrogens (primary N) is 1. The molecule has 7 heteroatoms. The van der Waals surface area contributed by atoms with Gasteiger partial charge in [0.2, 0.25) is 5.95 Å². The molecule has 0 amide bonds. The molecule has 7 nitrogen and oxygen atoms in total. The second-order valence-electron chi connectivity index (χ2n) is 5.05. The van der Waals surface area contributed by atoms with Crippen LogP contribution >= 0.6 is 0 Å². The largest absolute Gasteiger partial charge is 0.396 e. The van der Waals surface area contributed by atoms with E-state index in [1.54, 1.807) is 12.4 Å². The zero-order valence-corrected chi connectivity index (χ0v) is 11.6. The van der Waals surface area contributed by atoms with Crippen LogP contribution in [0, 0.1) is 5.92 Å². The molecule has 4 N–H and O–H groups in total. The van der Waals surface area contributed by atoms with Crippen molar-refractivity contribution in [1.29, 1.82) is 0 Å². The van der Waals surface area contributed by atoms with Crippen LogP contribution in [-0.4, -0.2) is 37.8 Å². The van der Waals surface area contributed by atoms with Crippen LogP contribution in [0.15, 0.2) is 31.1 Å². The fourth-order valence-corrected chi connectivity index (χ4v) is 2.56. The summed E-state index contributed by atoms with van der Waals surface area (Å²) in [5, 5.41) is 12.4. The van der Waals surface area contributed by atoms with Crippen LogP contribution in [0.2, 0.25) is 0 Å². The van der Waals surface area contributed by atoms with E-state index in [0.717, 1.165) is 6.42 Å². The Morgan fingerprint density at radius 3 is 3.05 bits per heavy atom. The second kappa shape index (κ2) is 5.53. The van der Waals surface area contributed by atoms with E-state index >= 15 is 0 Å². The van der Waals surface area contributed by atoms with Crippen molar-refractivity contribution in [2.24, 2.45) is 5.92 Å². The highest BCUT2D eigenvalue weighted by atomic mass is 16.3. The summed E-state index contributed by atoms with van der Waals surface area (Å²) in [5.41, 5.74) is 7.17. The quantitative estimate of drug-likeness (QED) is 0.712. The third-order valence-corrected chi connectivity index (χ3v) is 3.59. The molecular formula is C14H18N6O. The van der Waals surface area contributed by atoms with Crippen molar-refractivity contribution in [2.75, 3.05) is 24.2 Å². The SMILES string of the molecule is C=CCNc1nc(N)nc2c1ncn2C1C=CC(CO)C1. The fraction of sp³-hybridized carbons (Fsp3) is 0.357. The summed E-state index contributed by atoms with van der Waals surface area (Å²) in [4.78, 5) is 12.9. The maximum Gasteiger partial charge on any atom is 0.224 e. The molecule has 1 aliphatic carbocycles. The number of imidazole rings is 1. The van der Waals surface area contributed by atoms with Gasteiger partial charge in [-0.3, -0.25) is 0 Å². The van der Waals surface area contributed by atoms with Gasteiger partial charge in [0, 0.05) is 19.1 Å². The van der Waals surface area contributed by atoms with Gasteiger partial charge in [-0.1, -0.05) is 18.2 Å². The molecule has 3 rings (SSSR count). The van der Waals surface area contributed by atoms with Crippen molar-refractivity contribution in [1.82, 2.24) is 19.5 Å². The molecule has 0 bridgehead atoms. The molecular weight excluding hydrogens is 268 g/mol. The molecule has 2 aromatic rings. The molecule has 21 heavy (non-hydrogen) atoms. The second-order valence-corrected chi connectivity index (χ2v) is 5.05.